The van der Waals surface area contributed by atoms with E-state index in [1.165, 1.54) is 0 Å². The van der Waals surface area contributed by atoms with Crippen molar-refractivity contribution < 1.29 is 9.53 Å². The van der Waals surface area contributed by atoms with Crippen LogP contribution in [0.3, 0.4) is 0 Å². The fraction of sp³-hybridized carbons (Fsp3) is 0.778. The highest BCUT2D eigenvalue weighted by atomic mass is 32.1. The zero-order valence-electron chi connectivity index (χ0n) is 8.53. The van der Waals surface area contributed by atoms with Crippen molar-refractivity contribution in [3.8, 4) is 0 Å². The van der Waals surface area contributed by atoms with Crippen molar-refractivity contribution in [1.29, 1.82) is 0 Å². The molecule has 2 atom stereocenters. The Kier molecular flexibility index (Phi) is 3.83. The van der Waals surface area contributed by atoms with Crippen LogP contribution in [0.5, 0.6) is 0 Å². The first-order valence-corrected chi connectivity index (χ1v) is 5.11. The molecule has 4 nitrogen and oxygen atoms in total. The number of amides is 1. The fourth-order valence-electron chi connectivity index (χ4n) is 1.64. The van der Waals surface area contributed by atoms with Gasteiger partial charge in [0.05, 0.1) is 23.6 Å². The first kappa shape index (κ1) is 11.4. The molecule has 0 bridgehead atoms. The number of hydrogen-bond acceptors (Lipinski definition) is 3. The van der Waals surface area contributed by atoms with Crippen molar-refractivity contribution in [1.82, 2.24) is 4.90 Å². The van der Waals surface area contributed by atoms with Gasteiger partial charge < -0.3 is 15.4 Å². The van der Waals surface area contributed by atoms with Crippen molar-refractivity contribution >= 4 is 23.1 Å². The Morgan fingerprint density at radius 3 is 2.43 bits per heavy atom. The Labute approximate surface area is 89.4 Å². The van der Waals surface area contributed by atoms with Gasteiger partial charge in [0.1, 0.15) is 0 Å². The van der Waals surface area contributed by atoms with E-state index < -0.39 is 0 Å². The van der Waals surface area contributed by atoms with E-state index in [4.69, 9.17) is 22.7 Å². The third kappa shape index (κ3) is 3.23. The Bertz CT molecular complexity index is 235. The topological polar surface area (TPSA) is 55.6 Å². The molecule has 1 fully saturated rings. The number of morpholine rings is 1. The summed E-state index contributed by atoms with van der Waals surface area (Å²) < 4.78 is 5.51. The van der Waals surface area contributed by atoms with Crippen molar-refractivity contribution in [2.75, 3.05) is 13.1 Å². The molecule has 1 amide bonds. The fourth-order valence-corrected chi connectivity index (χ4v) is 1.77. The zero-order chi connectivity index (χ0) is 10.7. The van der Waals surface area contributed by atoms with Crippen LogP contribution in [0, 0.1) is 0 Å². The first-order valence-electron chi connectivity index (χ1n) is 4.70. The summed E-state index contributed by atoms with van der Waals surface area (Å²) in [6.45, 7) is 5.17. The van der Waals surface area contributed by atoms with Crippen LogP contribution < -0.4 is 5.73 Å². The second-order valence-electron chi connectivity index (χ2n) is 3.70. The molecular weight excluding hydrogens is 200 g/mol. The van der Waals surface area contributed by atoms with E-state index in [9.17, 15) is 4.79 Å². The molecule has 0 saturated carbocycles. The van der Waals surface area contributed by atoms with Gasteiger partial charge in [-0.15, -0.1) is 0 Å². The van der Waals surface area contributed by atoms with E-state index in [1.807, 2.05) is 13.8 Å². The minimum atomic E-state index is -0.000463. The average Bonchev–Trinajstić information content (AvgIpc) is 2.00. The average molecular weight is 216 g/mol. The molecule has 0 spiro atoms. The van der Waals surface area contributed by atoms with E-state index in [0.717, 1.165) is 0 Å². The molecule has 0 aromatic heterocycles. The van der Waals surface area contributed by atoms with E-state index in [2.05, 4.69) is 0 Å². The van der Waals surface area contributed by atoms with Gasteiger partial charge in [-0.1, -0.05) is 12.2 Å². The first-order chi connectivity index (χ1) is 6.49. The molecule has 14 heavy (non-hydrogen) atoms. The number of ether oxygens (including phenoxy) is 1. The van der Waals surface area contributed by atoms with E-state index >= 15 is 0 Å². The zero-order valence-corrected chi connectivity index (χ0v) is 9.34. The Hall–Kier alpha value is -0.680. The maximum Gasteiger partial charge on any atom is 0.229 e. The minimum Gasteiger partial charge on any atom is -0.393 e. The number of hydrogen-bond donors (Lipinski definition) is 1. The van der Waals surface area contributed by atoms with Crippen molar-refractivity contribution in [2.24, 2.45) is 5.73 Å². The van der Waals surface area contributed by atoms with Crippen molar-refractivity contribution in [3.63, 3.8) is 0 Å². The van der Waals surface area contributed by atoms with Gasteiger partial charge in [-0.25, -0.2) is 0 Å². The van der Waals surface area contributed by atoms with Crippen LogP contribution in [0.2, 0.25) is 0 Å². The van der Waals surface area contributed by atoms with E-state index in [-0.39, 0.29) is 29.5 Å². The summed E-state index contributed by atoms with van der Waals surface area (Å²) in [7, 11) is 0. The molecule has 1 aliphatic heterocycles. The van der Waals surface area contributed by atoms with Gasteiger partial charge in [-0.05, 0) is 13.8 Å². The standard InChI is InChI=1S/C9H16N2O2S/c1-6-4-11(5-7(2)13-6)9(12)3-8(10)14/h6-7H,3-5H2,1-2H3,(H2,10,14). The van der Waals surface area contributed by atoms with E-state index in [0.29, 0.717) is 13.1 Å². The molecule has 2 unspecified atom stereocenters. The van der Waals surface area contributed by atoms with E-state index in [1.54, 1.807) is 4.90 Å². The minimum absolute atomic E-state index is 0.000463. The summed E-state index contributed by atoms with van der Waals surface area (Å²) in [6.07, 6.45) is 0.345. The van der Waals surface area contributed by atoms with Crippen LogP contribution in [0.15, 0.2) is 0 Å². The highest BCUT2D eigenvalue weighted by molar-refractivity contribution is 7.80. The van der Waals surface area contributed by atoms with Crippen LogP contribution in [0.25, 0.3) is 0 Å². The molecule has 0 aliphatic carbocycles. The van der Waals surface area contributed by atoms with Crippen LogP contribution in [-0.4, -0.2) is 41.1 Å². The lowest BCUT2D eigenvalue weighted by atomic mass is 10.2. The Balaban J connectivity index is 2.50. The molecule has 1 rings (SSSR count). The summed E-state index contributed by atoms with van der Waals surface area (Å²) in [5.41, 5.74) is 5.32. The van der Waals surface area contributed by atoms with Gasteiger partial charge in [0.2, 0.25) is 5.91 Å². The van der Waals surface area contributed by atoms with Crippen LogP contribution in [0.1, 0.15) is 20.3 Å². The lowest BCUT2D eigenvalue weighted by Gasteiger charge is -2.35. The highest BCUT2D eigenvalue weighted by Crippen LogP contribution is 2.11. The number of nitrogens with two attached hydrogens (primary N) is 1. The second-order valence-corrected chi connectivity index (χ2v) is 4.22. The summed E-state index contributed by atoms with van der Waals surface area (Å²) >= 11 is 4.70. The summed E-state index contributed by atoms with van der Waals surface area (Å²) in [4.78, 5) is 13.6. The van der Waals surface area contributed by atoms with Gasteiger partial charge in [0.15, 0.2) is 0 Å². The molecule has 5 heteroatoms. The molecule has 1 aliphatic rings. The molecule has 80 valence electrons. The normalized spacial score (nSPS) is 27.4. The summed E-state index contributed by atoms with van der Waals surface area (Å²) in [5, 5.41) is 0. The lowest BCUT2D eigenvalue weighted by Crippen LogP contribution is -2.48. The summed E-state index contributed by atoms with van der Waals surface area (Å²) in [6, 6.07) is 0. The summed E-state index contributed by atoms with van der Waals surface area (Å²) in [5.74, 6) is -0.000463. The molecule has 2 N–H and O–H groups in total. The van der Waals surface area contributed by atoms with Gasteiger partial charge in [-0.2, -0.15) is 0 Å². The monoisotopic (exact) mass is 216 g/mol. The molecular formula is C9H16N2O2S. The number of carbonyl (C=O) groups is 1. The number of nitrogens with zero attached hydrogens (tertiary/aromatic N) is 1. The van der Waals surface area contributed by atoms with Crippen LogP contribution in [0.4, 0.5) is 0 Å². The smallest absolute Gasteiger partial charge is 0.229 e. The SMILES string of the molecule is CC1CN(C(=O)CC(N)=S)CC(C)O1. The van der Waals surface area contributed by atoms with Gasteiger partial charge in [0.25, 0.3) is 0 Å². The molecule has 1 heterocycles. The van der Waals surface area contributed by atoms with Crippen molar-refractivity contribution in [3.05, 3.63) is 0 Å². The third-order valence-corrected chi connectivity index (χ3v) is 2.24. The maximum absolute atomic E-state index is 11.6. The Morgan fingerprint density at radius 2 is 2.00 bits per heavy atom. The molecule has 0 radical (unpaired) electrons. The predicted octanol–water partition coefficient (Wildman–Crippen LogP) is 0.298. The van der Waals surface area contributed by atoms with Gasteiger partial charge in [0, 0.05) is 13.1 Å². The van der Waals surface area contributed by atoms with Crippen molar-refractivity contribution in [2.45, 2.75) is 32.5 Å². The Morgan fingerprint density at radius 1 is 1.50 bits per heavy atom. The molecule has 0 aromatic carbocycles. The predicted molar refractivity (Wildman–Crippen MR) is 58.0 cm³/mol. The van der Waals surface area contributed by atoms with Crippen LogP contribution in [-0.2, 0) is 9.53 Å². The molecule has 0 aromatic rings. The number of thiocarbonyl (C=S) groups is 1. The van der Waals surface area contributed by atoms with Gasteiger partial charge >= 0.3 is 0 Å². The third-order valence-electron chi connectivity index (χ3n) is 2.10. The maximum atomic E-state index is 11.6. The second kappa shape index (κ2) is 4.70. The quantitative estimate of drug-likeness (QED) is 0.674. The molecule has 1 saturated heterocycles. The lowest BCUT2D eigenvalue weighted by molar-refractivity contribution is -0.141. The van der Waals surface area contributed by atoms with Crippen LogP contribution >= 0.6 is 12.2 Å². The van der Waals surface area contributed by atoms with Gasteiger partial charge in [-0.3, -0.25) is 4.79 Å². The number of rotatable bonds is 2. The largest absolute Gasteiger partial charge is 0.393 e. The number of carbonyl (C=O) groups excluding carboxylic acids is 1. The highest BCUT2D eigenvalue weighted by Gasteiger charge is 2.25.